The van der Waals surface area contributed by atoms with Crippen LogP contribution in [0.2, 0.25) is 13.1 Å². The van der Waals surface area contributed by atoms with E-state index in [1.54, 1.807) is 59.7 Å². The van der Waals surface area contributed by atoms with Gasteiger partial charge < -0.3 is 24.8 Å². The smallest absolute Gasteiger partial charge is 1.00 e. The molecular formula is C40H32Cl2F12SiZr-2. The average molecular weight is 931 g/mol. The number of hydrogen-bond acceptors (Lipinski definition) is 0. The van der Waals surface area contributed by atoms with Crippen molar-refractivity contribution < 1.29 is 101 Å². The summed E-state index contributed by atoms with van der Waals surface area (Å²) in [5.74, 6) is 0. The number of halogens is 14. The molecule has 0 heterocycles. The molecule has 6 rings (SSSR count). The summed E-state index contributed by atoms with van der Waals surface area (Å²) in [4.78, 5) is 0. The molecule has 56 heavy (non-hydrogen) atoms. The Morgan fingerprint density at radius 3 is 0.982 bits per heavy atom. The zero-order valence-corrected chi connectivity index (χ0v) is 34.9. The van der Waals surface area contributed by atoms with E-state index in [1.165, 1.54) is 12.1 Å². The maximum Gasteiger partial charge on any atom is -1.00 e. The third-order valence-corrected chi connectivity index (χ3v) is 8.23. The molecule has 0 saturated carbocycles. The molecule has 0 nitrogen and oxygen atoms in total. The molecule has 16 heteroatoms. The van der Waals surface area contributed by atoms with E-state index in [-0.39, 0.29) is 53.5 Å². The van der Waals surface area contributed by atoms with Crippen molar-refractivity contribution in [3.63, 3.8) is 0 Å². The van der Waals surface area contributed by atoms with Crippen LogP contribution in [0.25, 0.3) is 43.8 Å². The van der Waals surface area contributed by atoms with Gasteiger partial charge in [-0.15, -0.1) is 69.1 Å². The average Bonchev–Trinajstić information content (AvgIpc) is 3.70. The first-order chi connectivity index (χ1) is 24.9. The fraction of sp³-hybridized carbons (Fsp3) is 0.250. The molecule has 0 amide bonds. The predicted octanol–water partition coefficient (Wildman–Crippen LogP) is 8.44. The number of aryl methyl sites for hydroxylation is 2. The standard InChI is InChI=1S/2C19H13F6.C2H6Si.2ClH.Zr/c2*1-2-11-6-12-4-3-5-16(17(12)7-11)13-8-14(18(20,21)22)10-15(9-13)19(23,24)25;1-3-2;;;/h2*3-10H,2H2,1H3;1-2H3;2*1H;/q2*-1;;;;+2/p-2. The van der Waals surface area contributed by atoms with Crippen molar-refractivity contribution in [3.05, 3.63) is 130 Å². The van der Waals surface area contributed by atoms with Gasteiger partial charge in [0.15, 0.2) is 0 Å². The minimum atomic E-state index is -4.86. The normalized spacial score (nSPS) is 11.9. The maximum atomic E-state index is 13.1. The Morgan fingerprint density at radius 1 is 0.482 bits per heavy atom. The fourth-order valence-corrected chi connectivity index (χ4v) is 5.73. The van der Waals surface area contributed by atoms with Crippen molar-refractivity contribution in [1.29, 1.82) is 0 Å². The van der Waals surface area contributed by atoms with Gasteiger partial charge in [-0.25, -0.2) is 0 Å². The van der Waals surface area contributed by atoms with Crippen molar-refractivity contribution in [2.75, 3.05) is 0 Å². The Morgan fingerprint density at radius 2 is 0.750 bits per heavy atom. The Labute approximate surface area is 343 Å². The Hall–Kier alpha value is -3.06. The summed E-state index contributed by atoms with van der Waals surface area (Å²) >= 11 is 1.74. The quantitative estimate of drug-likeness (QED) is 0.0947. The zero-order valence-electron chi connectivity index (χ0n) is 29.9. The van der Waals surface area contributed by atoms with Gasteiger partial charge in [-0.3, -0.25) is 0 Å². The monoisotopic (exact) mass is 928 g/mol. The van der Waals surface area contributed by atoms with Crippen LogP contribution < -0.4 is 24.8 Å². The molecule has 0 saturated heterocycles. The SMILES string of the molecule is CCc1cc2c(-c3cc(C(F)(F)F)cc(C(F)(F)F)c3)cccc2[cH-]1.CCc1cc2c(-c3cc(C(F)(F)F)cc(C(F)(F)F)c3)cccc2[cH-]1.C[Si](C)=[Zr+2].[Cl-].[Cl-]. The van der Waals surface area contributed by atoms with E-state index in [0.29, 0.717) is 21.9 Å². The molecule has 0 aromatic heterocycles. The predicted molar refractivity (Wildman–Crippen MR) is 186 cm³/mol. The van der Waals surface area contributed by atoms with Gasteiger partial charge >= 0.3 is 66.6 Å². The van der Waals surface area contributed by atoms with Gasteiger partial charge in [-0.1, -0.05) is 37.1 Å². The van der Waals surface area contributed by atoms with Gasteiger partial charge in [0, 0.05) is 0 Å². The van der Waals surface area contributed by atoms with Crippen LogP contribution in [0.1, 0.15) is 47.2 Å². The summed E-state index contributed by atoms with van der Waals surface area (Å²) in [6.45, 7) is 8.48. The number of benzene rings is 4. The van der Waals surface area contributed by atoms with Gasteiger partial charge in [0.1, 0.15) is 0 Å². The molecule has 6 aromatic carbocycles. The van der Waals surface area contributed by atoms with Gasteiger partial charge in [0.25, 0.3) is 0 Å². The second-order valence-corrected chi connectivity index (χ2v) is 22.0. The van der Waals surface area contributed by atoms with Crippen molar-refractivity contribution >= 4 is 27.0 Å². The van der Waals surface area contributed by atoms with Crippen molar-refractivity contribution in [3.8, 4) is 22.3 Å². The van der Waals surface area contributed by atoms with Gasteiger partial charge in [-0.2, -0.15) is 64.8 Å². The number of hydrogen-bond donors (Lipinski definition) is 0. The molecular weight excluding hydrogens is 899 g/mol. The maximum absolute atomic E-state index is 13.1. The third-order valence-electron chi connectivity index (χ3n) is 8.23. The summed E-state index contributed by atoms with van der Waals surface area (Å²) in [5.41, 5.74) is -2.55. The van der Waals surface area contributed by atoms with Crippen LogP contribution in [0.4, 0.5) is 52.7 Å². The summed E-state index contributed by atoms with van der Waals surface area (Å²) in [6.07, 6.45) is -18.0. The summed E-state index contributed by atoms with van der Waals surface area (Å²) in [6, 6.07) is 20.6. The topological polar surface area (TPSA) is 0 Å². The van der Waals surface area contributed by atoms with Crippen LogP contribution in [-0.4, -0.2) is 5.43 Å². The molecule has 300 valence electrons. The first-order valence-corrected chi connectivity index (χ1v) is 22.6. The molecule has 0 aliphatic carbocycles. The second-order valence-electron chi connectivity index (χ2n) is 12.6. The Kier molecular flexibility index (Phi) is 16.8. The van der Waals surface area contributed by atoms with E-state index in [9.17, 15) is 52.7 Å². The van der Waals surface area contributed by atoms with E-state index in [1.807, 2.05) is 26.0 Å². The molecule has 0 aliphatic heterocycles. The molecule has 0 N–H and O–H groups in total. The zero-order chi connectivity index (χ0) is 40.4. The van der Waals surface area contributed by atoms with Crippen molar-refractivity contribution in [2.45, 2.75) is 64.5 Å². The minimum absolute atomic E-state index is 0. The molecule has 0 atom stereocenters. The Balaban J connectivity index is 0.000000342. The van der Waals surface area contributed by atoms with Crippen LogP contribution in [-0.2, 0) is 60.9 Å². The van der Waals surface area contributed by atoms with E-state index < -0.39 is 47.0 Å². The molecule has 0 fully saturated rings. The summed E-state index contributed by atoms with van der Waals surface area (Å²) in [7, 11) is 0. The minimum Gasteiger partial charge on any atom is -1.00 e. The van der Waals surface area contributed by atoms with E-state index in [0.717, 1.165) is 59.0 Å². The van der Waals surface area contributed by atoms with Crippen LogP contribution >= 0.6 is 0 Å². The molecule has 6 aromatic rings. The summed E-state index contributed by atoms with van der Waals surface area (Å²) < 4.78 is 157. The number of alkyl halides is 12. The molecule has 0 unspecified atom stereocenters. The van der Waals surface area contributed by atoms with E-state index in [2.05, 4.69) is 13.1 Å². The van der Waals surface area contributed by atoms with Crippen molar-refractivity contribution in [1.82, 2.24) is 0 Å². The van der Waals surface area contributed by atoms with Gasteiger partial charge in [0.2, 0.25) is 0 Å². The summed E-state index contributed by atoms with van der Waals surface area (Å²) in [5, 5.41) is 2.87. The fourth-order valence-electron chi connectivity index (χ4n) is 5.73. The number of fused-ring (bicyclic) bond motifs is 2. The first kappa shape index (κ1) is 49.1. The Bertz CT molecular complexity index is 2040. The molecule has 0 radical (unpaired) electrons. The molecule has 0 bridgehead atoms. The van der Waals surface area contributed by atoms with Crippen LogP contribution in [0, 0.1) is 0 Å². The van der Waals surface area contributed by atoms with Crippen LogP contribution in [0.5, 0.6) is 0 Å². The second kappa shape index (κ2) is 19.1. The van der Waals surface area contributed by atoms with E-state index in [4.69, 9.17) is 0 Å². The van der Waals surface area contributed by atoms with Gasteiger partial charge in [0.05, 0.1) is 22.3 Å². The van der Waals surface area contributed by atoms with Crippen LogP contribution in [0.15, 0.2) is 97.1 Å². The van der Waals surface area contributed by atoms with Crippen molar-refractivity contribution in [2.24, 2.45) is 0 Å². The first-order valence-electron chi connectivity index (χ1n) is 16.4. The molecule has 0 spiro atoms. The molecule has 0 aliphatic rings. The number of rotatable bonds is 4. The van der Waals surface area contributed by atoms with Crippen LogP contribution in [0.3, 0.4) is 0 Å². The van der Waals surface area contributed by atoms with E-state index >= 15 is 0 Å². The largest absolute Gasteiger partial charge is 1.00 e. The third kappa shape index (κ3) is 12.5. The van der Waals surface area contributed by atoms with Gasteiger partial charge in [-0.05, 0) is 60.4 Å².